The van der Waals surface area contributed by atoms with Crippen molar-refractivity contribution in [3.8, 4) is 0 Å². The molecule has 0 aliphatic carbocycles. The van der Waals surface area contributed by atoms with Gasteiger partial charge in [0.2, 0.25) is 0 Å². The molecule has 0 radical (unpaired) electrons. The molecule has 0 saturated carbocycles. The molecule has 0 fully saturated rings. The molecule has 1 rings (SSSR count). The van der Waals surface area contributed by atoms with E-state index in [9.17, 15) is 8.76 Å². The predicted molar refractivity (Wildman–Crippen MR) is 31.4 cm³/mol. The quantitative estimate of drug-likeness (QED) is 0.337. The molecule has 0 spiro atoms. The zero-order valence-electron chi connectivity index (χ0n) is 5.48. The van der Waals surface area contributed by atoms with E-state index in [0.717, 1.165) is 0 Å². The van der Waals surface area contributed by atoms with Gasteiger partial charge in [0.15, 0.2) is 0 Å². The molecule has 0 saturated heterocycles. The minimum atomic E-state index is -2.19. The van der Waals surface area contributed by atoms with Crippen molar-refractivity contribution in [3.05, 3.63) is 24.4 Å². The molecule has 1 aromatic heterocycles. The van der Waals surface area contributed by atoms with E-state index in [1.54, 1.807) is 12.1 Å². The third-order valence-corrected chi connectivity index (χ3v) is 1.39. The van der Waals surface area contributed by atoms with E-state index in [4.69, 9.17) is 0 Å². The summed E-state index contributed by atoms with van der Waals surface area (Å²) >= 11 is -2.19. The Morgan fingerprint density at radius 3 is 2.50 bits per heavy atom. The first-order valence-electron chi connectivity index (χ1n) is 2.31. The Balaban J connectivity index is 0.000000810. The van der Waals surface area contributed by atoms with Crippen molar-refractivity contribution in [3.63, 3.8) is 0 Å². The molecule has 48 valence electrons. The molecule has 1 heterocycles. The fourth-order valence-electron chi connectivity index (χ4n) is 0.446. The van der Waals surface area contributed by atoms with Gasteiger partial charge < -0.3 is 4.55 Å². The van der Waals surface area contributed by atoms with Gasteiger partial charge in [-0.1, -0.05) is 6.07 Å². The standard InChI is InChI=1S/C5H5NO2S.Na/c7-9(8)5-3-1-2-4-6-5;/h1-4H,(H,7,8);/q;+1/p-1. The van der Waals surface area contributed by atoms with Crippen LogP contribution in [0.3, 0.4) is 0 Å². The number of hydrogen-bond donors (Lipinski definition) is 0. The molecule has 3 nitrogen and oxygen atoms in total. The second kappa shape index (κ2) is 4.98. The summed E-state index contributed by atoms with van der Waals surface area (Å²) < 4.78 is 20.3. The van der Waals surface area contributed by atoms with E-state index >= 15 is 0 Å². The molecule has 0 aliphatic rings. The monoisotopic (exact) mass is 165 g/mol. The summed E-state index contributed by atoms with van der Waals surface area (Å²) in [6, 6.07) is 4.72. The molecule has 0 bridgehead atoms. The summed E-state index contributed by atoms with van der Waals surface area (Å²) in [6.45, 7) is 0. The van der Waals surface area contributed by atoms with Crippen LogP contribution >= 0.6 is 0 Å². The molecule has 0 N–H and O–H groups in total. The number of rotatable bonds is 1. The summed E-state index contributed by atoms with van der Waals surface area (Å²) in [6.07, 6.45) is 1.44. The van der Waals surface area contributed by atoms with Crippen LogP contribution in [-0.4, -0.2) is 13.7 Å². The van der Waals surface area contributed by atoms with Gasteiger partial charge in [-0.25, -0.2) is 4.98 Å². The molecular weight excluding hydrogens is 161 g/mol. The van der Waals surface area contributed by atoms with Crippen molar-refractivity contribution in [2.45, 2.75) is 5.03 Å². The van der Waals surface area contributed by atoms with Crippen molar-refractivity contribution in [2.24, 2.45) is 0 Å². The number of aromatic nitrogens is 1. The molecule has 1 unspecified atom stereocenters. The maximum atomic E-state index is 10.1. The molecular formula is C5H4NNaO2S. The smallest absolute Gasteiger partial charge is 0.767 e. The molecule has 0 aromatic carbocycles. The van der Waals surface area contributed by atoms with Gasteiger partial charge in [0.05, 0.1) is 0 Å². The minimum Gasteiger partial charge on any atom is -0.767 e. The van der Waals surface area contributed by atoms with Gasteiger partial charge in [0.1, 0.15) is 5.03 Å². The zero-order valence-corrected chi connectivity index (χ0v) is 8.30. The van der Waals surface area contributed by atoms with Crippen LogP contribution in [0.25, 0.3) is 0 Å². The second-order valence-electron chi connectivity index (χ2n) is 1.40. The molecule has 10 heavy (non-hydrogen) atoms. The zero-order chi connectivity index (χ0) is 6.69. The van der Waals surface area contributed by atoms with E-state index in [0.29, 0.717) is 0 Å². The van der Waals surface area contributed by atoms with Crippen molar-refractivity contribution in [2.75, 3.05) is 0 Å². The SMILES string of the molecule is O=S([O-])c1ccccn1.[Na+]. The van der Waals surface area contributed by atoms with Crippen LogP contribution in [0.1, 0.15) is 0 Å². The van der Waals surface area contributed by atoms with Crippen molar-refractivity contribution >= 4 is 11.1 Å². The normalized spacial score (nSPS) is 11.7. The Kier molecular flexibility index (Phi) is 5.11. The van der Waals surface area contributed by atoms with Gasteiger partial charge in [0, 0.05) is 6.20 Å². The van der Waals surface area contributed by atoms with Crippen molar-refractivity contribution < 1.29 is 38.3 Å². The van der Waals surface area contributed by atoms with E-state index in [1.807, 2.05) is 0 Å². The van der Waals surface area contributed by atoms with Crippen LogP contribution in [0.5, 0.6) is 0 Å². The number of nitrogens with zero attached hydrogens (tertiary/aromatic N) is 1. The van der Waals surface area contributed by atoms with Crippen LogP contribution in [-0.2, 0) is 11.1 Å². The minimum absolute atomic E-state index is 0. The maximum absolute atomic E-state index is 10.1. The van der Waals surface area contributed by atoms with E-state index in [-0.39, 0.29) is 34.6 Å². The number of hydrogen-bond acceptors (Lipinski definition) is 3. The predicted octanol–water partition coefficient (Wildman–Crippen LogP) is -2.68. The second-order valence-corrected chi connectivity index (χ2v) is 2.29. The Bertz CT molecular complexity index is 216. The summed E-state index contributed by atoms with van der Waals surface area (Å²) in [5.74, 6) is 0. The first-order valence-corrected chi connectivity index (χ1v) is 3.38. The van der Waals surface area contributed by atoms with Crippen LogP contribution in [0, 0.1) is 0 Å². The maximum Gasteiger partial charge on any atom is 1.00 e. The first-order chi connectivity index (χ1) is 4.30. The Morgan fingerprint density at radius 2 is 2.20 bits per heavy atom. The van der Waals surface area contributed by atoms with E-state index in [2.05, 4.69) is 4.98 Å². The average Bonchev–Trinajstić information content (AvgIpc) is 1.90. The van der Waals surface area contributed by atoms with Crippen LogP contribution in [0.4, 0.5) is 0 Å². The summed E-state index contributed by atoms with van der Waals surface area (Å²) in [5.41, 5.74) is 0. The Labute approximate surface area is 83.4 Å². The molecule has 1 aromatic rings. The van der Waals surface area contributed by atoms with Crippen LogP contribution in [0.15, 0.2) is 29.4 Å². The first kappa shape index (κ1) is 10.3. The van der Waals surface area contributed by atoms with Crippen LogP contribution < -0.4 is 29.6 Å². The van der Waals surface area contributed by atoms with Gasteiger partial charge in [0.25, 0.3) is 0 Å². The fourth-order valence-corrected chi connectivity index (χ4v) is 0.782. The average molecular weight is 165 g/mol. The molecule has 0 aliphatic heterocycles. The third-order valence-electron chi connectivity index (χ3n) is 0.809. The molecule has 5 heteroatoms. The van der Waals surface area contributed by atoms with Crippen molar-refractivity contribution in [1.29, 1.82) is 0 Å². The van der Waals surface area contributed by atoms with E-state index < -0.39 is 11.1 Å². The Hall–Kier alpha value is 0.260. The Morgan fingerprint density at radius 1 is 1.50 bits per heavy atom. The molecule has 0 amide bonds. The van der Waals surface area contributed by atoms with E-state index in [1.165, 1.54) is 12.3 Å². The third kappa shape index (κ3) is 2.90. The summed E-state index contributed by atoms with van der Waals surface area (Å²) in [4.78, 5) is 3.57. The van der Waals surface area contributed by atoms with Gasteiger partial charge in [-0.15, -0.1) is 0 Å². The fraction of sp³-hybridized carbons (Fsp3) is 0. The number of pyridine rings is 1. The van der Waals surface area contributed by atoms with Gasteiger partial charge in [-0.2, -0.15) is 0 Å². The largest absolute Gasteiger partial charge is 1.00 e. The van der Waals surface area contributed by atoms with Crippen LogP contribution in [0.2, 0.25) is 0 Å². The molecule has 1 atom stereocenters. The van der Waals surface area contributed by atoms with Gasteiger partial charge in [-0.3, -0.25) is 4.21 Å². The van der Waals surface area contributed by atoms with Gasteiger partial charge >= 0.3 is 29.6 Å². The van der Waals surface area contributed by atoms with Gasteiger partial charge in [-0.05, 0) is 23.2 Å². The summed E-state index contributed by atoms with van der Waals surface area (Å²) in [7, 11) is 0. The summed E-state index contributed by atoms with van der Waals surface area (Å²) in [5, 5.41) is 0.0810. The van der Waals surface area contributed by atoms with Crippen molar-refractivity contribution in [1.82, 2.24) is 4.98 Å². The topological polar surface area (TPSA) is 53.0 Å².